The van der Waals surface area contributed by atoms with Crippen LogP contribution in [0.5, 0.6) is 11.5 Å². The molecule has 2 N–H and O–H groups in total. The van der Waals surface area contributed by atoms with Crippen molar-refractivity contribution >= 4 is 52.8 Å². The molecule has 0 saturated carbocycles. The van der Waals surface area contributed by atoms with E-state index in [1.54, 1.807) is 81.4 Å². The van der Waals surface area contributed by atoms with E-state index in [1.165, 1.54) is 12.0 Å². The first-order valence-corrected chi connectivity index (χ1v) is 20.2. The van der Waals surface area contributed by atoms with Gasteiger partial charge in [-0.3, -0.25) is 14.5 Å². The normalized spacial score (nSPS) is 16.1. The summed E-state index contributed by atoms with van der Waals surface area (Å²) in [5, 5.41) is 15.8. The Bertz CT molecular complexity index is 2520. The molecular weight excluding hydrogens is 819 g/mol. The van der Waals surface area contributed by atoms with Gasteiger partial charge in [0, 0.05) is 18.4 Å². The van der Waals surface area contributed by atoms with Crippen molar-refractivity contribution in [3.63, 3.8) is 0 Å². The van der Waals surface area contributed by atoms with Crippen molar-refractivity contribution in [2.45, 2.75) is 70.6 Å². The van der Waals surface area contributed by atoms with Gasteiger partial charge in [-0.25, -0.2) is 9.59 Å². The quantitative estimate of drug-likeness (QED) is 0.131. The molecule has 0 aliphatic carbocycles. The van der Waals surface area contributed by atoms with Crippen LogP contribution in [0.15, 0.2) is 103 Å². The number of ether oxygens (including phenoxy) is 4. The number of nitrogens with one attached hydrogen (secondary N) is 2. The van der Waals surface area contributed by atoms with Gasteiger partial charge in [0.15, 0.2) is 0 Å². The molecule has 61 heavy (non-hydrogen) atoms. The van der Waals surface area contributed by atoms with Crippen molar-refractivity contribution in [2.75, 3.05) is 12.4 Å². The van der Waals surface area contributed by atoms with Crippen LogP contribution in [0.25, 0.3) is 11.1 Å². The predicted octanol–water partition coefficient (Wildman–Crippen LogP) is 8.75. The molecule has 0 spiro atoms. The third-order valence-corrected chi connectivity index (χ3v) is 11.0. The molecule has 2 heterocycles. The fourth-order valence-electron chi connectivity index (χ4n) is 7.10. The number of benzene rings is 5. The number of amides is 3. The summed E-state index contributed by atoms with van der Waals surface area (Å²) in [7, 11) is 1.24. The lowest BCUT2D eigenvalue weighted by atomic mass is 9.91. The Morgan fingerprint density at radius 2 is 1.57 bits per heavy atom. The minimum Gasteiger partial charge on any atom is -0.489 e. The number of hydrogen-bond acceptors (Lipinski definition) is 9. The van der Waals surface area contributed by atoms with E-state index < -0.39 is 41.8 Å². The zero-order valence-electron chi connectivity index (χ0n) is 33.8. The average Bonchev–Trinajstić information content (AvgIpc) is 3.24. The van der Waals surface area contributed by atoms with Crippen LogP contribution in [0, 0.1) is 11.3 Å². The number of rotatable bonds is 10. The van der Waals surface area contributed by atoms with Gasteiger partial charge in [0.05, 0.1) is 41.0 Å². The van der Waals surface area contributed by atoms with Crippen LogP contribution >= 0.6 is 23.2 Å². The van der Waals surface area contributed by atoms with Crippen LogP contribution in [0.4, 0.5) is 10.5 Å². The Morgan fingerprint density at radius 3 is 2.21 bits per heavy atom. The second-order valence-electron chi connectivity index (χ2n) is 15.7. The van der Waals surface area contributed by atoms with Crippen molar-refractivity contribution in [3.8, 4) is 28.7 Å². The minimum absolute atomic E-state index is 0.0118. The first-order chi connectivity index (χ1) is 29.2. The van der Waals surface area contributed by atoms with E-state index in [1.807, 2.05) is 42.5 Å². The summed E-state index contributed by atoms with van der Waals surface area (Å²) < 4.78 is 23.0. The van der Waals surface area contributed by atoms with Crippen LogP contribution in [0.3, 0.4) is 0 Å². The molecule has 0 aromatic heterocycles. The van der Waals surface area contributed by atoms with Crippen molar-refractivity contribution in [2.24, 2.45) is 0 Å². The van der Waals surface area contributed by atoms with Gasteiger partial charge < -0.3 is 29.6 Å². The van der Waals surface area contributed by atoms with E-state index >= 15 is 0 Å². The molecule has 0 fully saturated rings. The molecule has 5 aromatic carbocycles. The fourth-order valence-corrected chi connectivity index (χ4v) is 7.42. The molecule has 5 aromatic rings. The van der Waals surface area contributed by atoms with E-state index in [0.717, 1.165) is 22.3 Å². The summed E-state index contributed by atoms with van der Waals surface area (Å²) in [5.41, 5.74) is 5.55. The second kappa shape index (κ2) is 18.0. The van der Waals surface area contributed by atoms with Crippen LogP contribution in [-0.4, -0.2) is 53.6 Å². The molecule has 312 valence electrons. The Hall–Kier alpha value is -6.55. The molecule has 3 atom stereocenters. The second-order valence-corrected chi connectivity index (χ2v) is 16.5. The zero-order chi connectivity index (χ0) is 43.4. The molecule has 3 amide bonds. The number of halogens is 2. The van der Waals surface area contributed by atoms with E-state index in [0.29, 0.717) is 49.5 Å². The van der Waals surface area contributed by atoms with Gasteiger partial charge in [-0.15, -0.1) is 0 Å². The largest absolute Gasteiger partial charge is 0.489 e. The maximum atomic E-state index is 14.2. The van der Waals surface area contributed by atoms with Crippen molar-refractivity contribution in [1.29, 1.82) is 5.26 Å². The third-order valence-electron chi connectivity index (χ3n) is 10.2. The van der Waals surface area contributed by atoms with Crippen LogP contribution in [0.2, 0.25) is 10.0 Å². The Kier molecular flexibility index (Phi) is 12.5. The van der Waals surface area contributed by atoms with Gasteiger partial charge in [-0.05, 0) is 103 Å². The minimum atomic E-state index is -1.07. The summed E-state index contributed by atoms with van der Waals surface area (Å²) in [6.45, 7) is 5.46. The van der Waals surface area contributed by atoms with Crippen LogP contribution in [0.1, 0.15) is 60.3 Å². The number of hydrogen-bond donors (Lipinski definition) is 2. The molecule has 7 rings (SSSR count). The van der Waals surface area contributed by atoms with E-state index in [4.69, 9.17) is 47.4 Å². The lowest BCUT2D eigenvalue weighted by Gasteiger charge is -2.38. The topological polar surface area (TPSA) is 156 Å². The summed E-state index contributed by atoms with van der Waals surface area (Å²) >= 11 is 12.2. The van der Waals surface area contributed by atoms with E-state index in [-0.39, 0.29) is 31.9 Å². The SMILES string of the molecule is COC(=O)[C@H](Cc1ccc(-c2ccc(C#N)cc2)cc1)NC(=O)C1Cc2cc3c(cc2CN1C(=O)OC(C)(C)C)OC(c1ccc(OCc2ccc(Cl)c(Cl)c2)cc1)C(=O)N3. The van der Waals surface area contributed by atoms with E-state index in [2.05, 4.69) is 16.7 Å². The Labute approximate surface area is 363 Å². The van der Waals surface area contributed by atoms with Gasteiger partial charge in [-0.2, -0.15) is 5.26 Å². The first-order valence-electron chi connectivity index (χ1n) is 19.5. The number of nitriles is 1. The van der Waals surface area contributed by atoms with Gasteiger partial charge >= 0.3 is 12.1 Å². The number of carbonyl (C=O) groups is 4. The van der Waals surface area contributed by atoms with Crippen LogP contribution in [-0.2, 0) is 49.9 Å². The molecule has 2 unspecified atom stereocenters. The third kappa shape index (κ3) is 10.1. The molecule has 0 radical (unpaired) electrons. The van der Waals surface area contributed by atoms with Crippen molar-refractivity contribution < 1.29 is 38.1 Å². The molecule has 0 bridgehead atoms. The van der Waals surface area contributed by atoms with Gasteiger partial charge in [0.2, 0.25) is 12.0 Å². The fraction of sp³-hybridized carbons (Fsp3) is 0.255. The number of nitrogens with zero attached hydrogens (tertiary/aromatic N) is 2. The maximum Gasteiger partial charge on any atom is 0.411 e. The number of esters is 1. The summed E-state index contributed by atoms with van der Waals surface area (Å²) in [6.07, 6.45) is -1.50. The van der Waals surface area contributed by atoms with E-state index in [9.17, 15) is 19.2 Å². The summed E-state index contributed by atoms with van der Waals surface area (Å²) in [4.78, 5) is 55.8. The monoisotopic (exact) mass is 860 g/mol. The predicted molar refractivity (Wildman–Crippen MR) is 229 cm³/mol. The number of fused-ring (bicyclic) bond motifs is 2. The summed E-state index contributed by atoms with van der Waals surface area (Å²) in [5.74, 6) is -0.648. The maximum absolute atomic E-state index is 14.2. The lowest BCUT2D eigenvalue weighted by Crippen LogP contribution is -2.56. The molecular formula is C47H42Cl2N4O8. The van der Waals surface area contributed by atoms with Gasteiger partial charge in [0.25, 0.3) is 5.91 Å². The smallest absolute Gasteiger partial charge is 0.411 e. The molecule has 2 aliphatic heterocycles. The van der Waals surface area contributed by atoms with Gasteiger partial charge in [0.1, 0.15) is 35.8 Å². The van der Waals surface area contributed by atoms with Crippen LogP contribution < -0.4 is 20.1 Å². The highest BCUT2D eigenvalue weighted by molar-refractivity contribution is 6.42. The molecule has 2 aliphatic rings. The Morgan fingerprint density at radius 1 is 0.902 bits per heavy atom. The highest BCUT2D eigenvalue weighted by atomic mass is 35.5. The number of anilines is 1. The Balaban J connectivity index is 1.07. The number of carbonyl (C=O) groups excluding carboxylic acids is 4. The zero-order valence-corrected chi connectivity index (χ0v) is 35.3. The molecule has 12 nitrogen and oxygen atoms in total. The van der Waals surface area contributed by atoms with Crippen molar-refractivity contribution in [3.05, 3.63) is 147 Å². The summed E-state index contributed by atoms with van der Waals surface area (Å²) in [6, 6.07) is 30.4. The average molecular weight is 862 g/mol. The highest BCUT2D eigenvalue weighted by Crippen LogP contribution is 2.40. The first kappa shape index (κ1) is 42.6. The van der Waals surface area contributed by atoms with Crippen molar-refractivity contribution in [1.82, 2.24) is 10.2 Å². The highest BCUT2D eigenvalue weighted by Gasteiger charge is 2.40. The molecule has 0 saturated heterocycles. The molecule has 14 heteroatoms. The number of methoxy groups -OCH3 is 1. The van der Waals surface area contributed by atoms with Gasteiger partial charge in [-0.1, -0.05) is 77.8 Å². The lowest BCUT2D eigenvalue weighted by molar-refractivity contribution is -0.145. The standard InChI is InChI=1S/C47H42Cl2N4O8/c1-47(2,3)61-46(57)53-25-34-23-41-38(51-44(55)42(60-41)32-14-16-35(17-15-32)59-26-29-9-18-36(48)37(49)19-29)21-33(34)22-40(53)43(54)52-39(45(56)58-4)20-27-5-10-30(11-6-27)31-12-7-28(24-50)8-13-31/h5-19,21,23,39-40,42H,20,22,25-26H2,1-4H3,(H,51,55)(H,52,54)/t39-,40?,42?/m0/s1.